The second kappa shape index (κ2) is 6.84. The molecule has 1 aliphatic rings. The van der Waals surface area contributed by atoms with E-state index in [2.05, 4.69) is 6.07 Å². The van der Waals surface area contributed by atoms with Gasteiger partial charge in [-0.15, -0.1) is 11.3 Å². The SMILES string of the molecule is Nc1ccccc1CCC(=O)N1CCCC1c1nc2ccccc2s1. The van der Waals surface area contributed by atoms with E-state index in [0.717, 1.165) is 41.2 Å². The maximum atomic E-state index is 12.8. The number of benzene rings is 2. The lowest BCUT2D eigenvalue weighted by Gasteiger charge is -2.23. The van der Waals surface area contributed by atoms with Crippen molar-refractivity contribution in [2.75, 3.05) is 12.3 Å². The van der Waals surface area contributed by atoms with Crippen LogP contribution in [0.2, 0.25) is 0 Å². The van der Waals surface area contributed by atoms with E-state index in [1.54, 1.807) is 11.3 Å². The minimum Gasteiger partial charge on any atom is -0.399 e. The number of nitrogens with two attached hydrogens (primary N) is 1. The number of nitrogens with zero attached hydrogens (tertiary/aromatic N) is 2. The van der Waals surface area contributed by atoms with Gasteiger partial charge in [-0.3, -0.25) is 4.79 Å². The first-order valence-corrected chi connectivity index (χ1v) is 9.52. The average Bonchev–Trinajstić information content (AvgIpc) is 3.27. The van der Waals surface area contributed by atoms with Gasteiger partial charge in [0.25, 0.3) is 0 Å². The molecule has 0 aliphatic carbocycles. The fourth-order valence-electron chi connectivity index (χ4n) is 3.50. The Kier molecular flexibility index (Phi) is 4.40. The van der Waals surface area contributed by atoms with Crippen molar-refractivity contribution in [1.29, 1.82) is 0 Å². The molecule has 0 bridgehead atoms. The van der Waals surface area contributed by atoms with Gasteiger partial charge in [0.05, 0.1) is 16.3 Å². The average molecular weight is 351 g/mol. The van der Waals surface area contributed by atoms with Gasteiger partial charge in [-0.05, 0) is 43.0 Å². The summed E-state index contributed by atoms with van der Waals surface area (Å²) in [6, 6.07) is 16.1. The highest BCUT2D eigenvalue weighted by Gasteiger charge is 2.31. The number of thiazole rings is 1. The molecule has 1 saturated heterocycles. The minimum atomic E-state index is 0.123. The van der Waals surface area contributed by atoms with Crippen LogP contribution in [0.4, 0.5) is 5.69 Å². The Morgan fingerprint density at radius 1 is 1.20 bits per heavy atom. The molecule has 25 heavy (non-hydrogen) atoms. The number of fused-ring (bicyclic) bond motifs is 1. The molecule has 0 spiro atoms. The van der Waals surface area contributed by atoms with E-state index < -0.39 is 0 Å². The monoisotopic (exact) mass is 351 g/mol. The van der Waals surface area contributed by atoms with Crippen LogP contribution < -0.4 is 5.73 Å². The van der Waals surface area contributed by atoms with Crippen LogP contribution >= 0.6 is 11.3 Å². The van der Waals surface area contributed by atoms with E-state index in [1.807, 2.05) is 47.4 Å². The van der Waals surface area contributed by atoms with Crippen molar-refractivity contribution in [2.24, 2.45) is 0 Å². The Balaban J connectivity index is 1.49. The van der Waals surface area contributed by atoms with E-state index in [1.165, 1.54) is 4.70 Å². The predicted molar refractivity (Wildman–Crippen MR) is 102 cm³/mol. The van der Waals surface area contributed by atoms with Crippen molar-refractivity contribution in [3.63, 3.8) is 0 Å². The smallest absolute Gasteiger partial charge is 0.223 e. The third kappa shape index (κ3) is 3.24. The van der Waals surface area contributed by atoms with Gasteiger partial charge in [0.1, 0.15) is 5.01 Å². The Morgan fingerprint density at radius 3 is 2.84 bits per heavy atom. The molecule has 1 fully saturated rings. The summed E-state index contributed by atoms with van der Waals surface area (Å²) in [6.45, 7) is 0.823. The number of nitrogen functional groups attached to an aromatic ring is 1. The van der Waals surface area contributed by atoms with Gasteiger partial charge in [0, 0.05) is 18.7 Å². The second-order valence-electron chi connectivity index (χ2n) is 6.46. The standard InChI is InChI=1S/C20H21N3OS/c21-15-7-2-1-6-14(15)11-12-19(24)23-13-5-9-17(23)20-22-16-8-3-4-10-18(16)25-20/h1-4,6-8,10,17H,5,9,11-13,21H2. The molecule has 128 valence electrons. The molecule has 4 rings (SSSR count). The van der Waals surface area contributed by atoms with Gasteiger partial charge < -0.3 is 10.6 Å². The quantitative estimate of drug-likeness (QED) is 0.718. The maximum Gasteiger partial charge on any atom is 0.223 e. The summed E-state index contributed by atoms with van der Waals surface area (Å²) >= 11 is 1.71. The molecule has 1 aromatic heterocycles. The van der Waals surface area contributed by atoms with Crippen LogP contribution in [0.3, 0.4) is 0 Å². The summed E-state index contributed by atoms with van der Waals surface area (Å²) in [5.74, 6) is 0.199. The Hall–Kier alpha value is -2.40. The van der Waals surface area contributed by atoms with E-state index in [4.69, 9.17) is 10.7 Å². The van der Waals surface area contributed by atoms with Crippen molar-refractivity contribution in [2.45, 2.75) is 31.7 Å². The van der Waals surface area contributed by atoms with Gasteiger partial charge in [0.15, 0.2) is 0 Å². The van der Waals surface area contributed by atoms with Gasteiger partial charge in [0.2, 0.25) is 5.91 Å². The first-order valence-electron chi connectivity index (χ1n) is 8.71. The first kappa shape index (κ1) is 16.1. The Labute approximate surface area is 151 Å². The molecule has 1 unspecified atom stereocenters. The molecule has 4 nitrogen and oxygen atoms in total. The summed E-state index contributed by atoms with van der Waals surface area (Å²) in [6.07, 6.45) is 3.23. The van der Waals surface area contributed by atoms with E-state index in [9.17, 15) is 4.79 Å². The Bertz CT molecular complexity index is 872. The zero-order chi connectivity index (χ0) is 17.2. The molecule has 5 heteroatoms. The van der Waals surface area contributed by atoms with Gasteiger partial charge in [-0.1, -0.05) is 30.3 Å². The predicted octanol–water partition coefficient (Wildman–Crippen LogP) is 4.17. The van der Waals surface area contributed by atoms with Crippen LogP contribution in [0.1, 0.15) is 35.9 Å². The molecule has 2 heterocycles. The van der Waals surface area contributed by atoms with E-state index in [0.29, 0.717) is 12.8 Å². The summed E-state index contributed by atoms with van der Waals surface area (Å²) < 4.78 is 1.19. The van der Waals surface area contributed by atoms with Crippen LogP contribution in [0.5, 0.6) is 0 Å². The molecule has 0 saturated carbocycles. The van der Waals surface area contributed by atoms with Crippen LogP contribution in [-0.2, 0) is 11.2 Å². The van der Waals surface area contributed by atoms with Gasteiger partial charge in [-0.25, -0.2) is 4.98 Å². The van der Waals surface area contributed by atoms with Crippen LogP contribution in [0, 0.1) is 0 Å². The summed E-state index contributed by atoms with van der Waals surface area (Å²) in [4.78, 5) is 19.6. The molecule has 2 aromatic carbocycles. The largest absolute Gasteiger partial charge is 0.399 e. The van der Waals surface area contributed by atoms with Crippen LogP contribution in [-0.4, -0.2) is 22.3 Å². The lowest BCUT2D eigenvalue weighted by atomic mass is 10.1. The highest BCUT2D eigenvalue weighted by molar-refractivity contribution is 7.18. The van der Waals surface area contributed by atoms with Crippen molar-refractivity contribution in [3.05, 3.63) is 59.1 Å². The molecule has 0 radical (unpaired) electrons. The van der Waals surface area contributed by atoms with Crippen molar-refractivity contribution in [1.82, 2.24) is 9.88 Å². The fourth-order valence-corrected chi connectivity index (χ4v) is 4.62. The topological polar surface area (TPSA) is 59.2 Å². The number of anilines is 1. The summed E-state index contributed by atoms with van der Waals surface area (Å²) in [5.41, 5.74) is 8.83. The third-order valence-corrected chi connectivity index (χ3v) is 5.97. The number of hydrogen-bond acceptors (Lipinski definition) is 4. The van der Waals surface area contributed by atoms with E-state index in [-0.39, 0.29) is 11.9 Å². The Morgan fingerprint density at radius 2 is 2.00 bits per heavy atom. The highest BCUT2D eigenvalue weighted by atomic mass is 32.1. The number of carbonyl (C=O) groups is 1. The number of rotatable bonds is 4. The number of likely N-dealkylation sites (tertiary alicyclic amines) is 1. The number of para-hydroxylation sites is 2. The molecule has 1 atom stereocenters. The molecule has 1 amide bonds. The second-order valence-corrected chi connectivity index (χ2v) is 7.53. The number of hydrogen-bond donors (Lipinski definition) is 1. The molecular formula is C20H21N3OS. The summed E-state index contributed by atoms with van der Waals surface area (Å²) in [7, 11) is 0. The lowest BCUT2D eigenvalue weighted by Crippen LogP contribution is -2.30. The first-order chi connectivity index (χ1) is 12.2. The van der Waals surface area contributed by atoms with E-state index >= 15 is 0 Å². The van der Waals surface area contributed by atoms with Gasteiger partial charge in [-0.2, -0.15) is 0 Å². The molecular weight excluding hydrogens is 330 g/mol. The number of aromatic nitrogens is 1. The van der Waals surface area contributed by atoms with Crippen molar-refractivity contribution < 1.29 is 4.79 Å². The number of carbonyl (C=O) groups excluding carboxylic acids is 1. The zero-order valence-corrected chi connectivity index (χ0v) is 14.8. The molecule has 1 aliphatic heterocycles. The van der Waals surface area contributed by atoms with Crippen LogP contribution in [0.15, 0.2) is 48.5 Å². The fraction of sp³-hybridized carbons (Fsp3) is 0.300. The number of aryl methyl sites for hydroxylation is 1. The number of amides is 1. The normalized spacial score (nSPS) is 17.3. The molecule has 2 N–H and O–H groups in total. The summed E-state index contributed by atoms with van der Waals surface area (Å²) in [5, 5.41) is 1.06. The third-order valence-electron chi connectivity index (χ3n) is 4.83. The zero-order valence-electron chi connectivity index (χ0n) is 14.0. The molecule has 3 aromatic rings. The van der Waals surface area contributed by atoms with Crippen molar-refractivity contribution in [3.8, 4) is 0 Å². The van der Waals surface area contributed by atoms with Crippen molar-refractivity contribution >= 4 is 33.1 Å². The maximum absolute atomic E-state index is 12.8. The highest BCUT2D eigenvalue weighted by Crippen LogP contribution is 2.36. The van der Waals surface area contributed by atoms with Crippen LogP contribution in [0.25, 0.3) is 10.2 Å². The lowest BCUT2D eigenvalue weighted by molar-refractivity contribution is -0.132. The van der Waals surface area contributed by atoms with Gasteiger partial charge >= 0.3 is 0 Å². The minimum absolute atomic E-state index is 0.123.